The standard InChI is InChI=1S/C11H18/c1-7-6-10-4-5-11(10)9(3)8(7)2/h4-5,7-11H,6H2,1-3H3. The molecule has 1 saturated carbocycles. The minimum absolute atomic E-state index is 0.925. The van der Waals surface area contributed by atoms with E-state index in [4.69, 9.17) is 0 Å². The van der Waals surface area contributed by atoms with Gasteiger partial charge in [0.05, 0.1) is 0 Å². The van der Waals surface area contributed by atoms with Crippen LogP contribution in [-0.2, 0) is 0 Å². The van der Waals surface area contributed by atoms with E-state index in [1.165, 1.54) is 6.42 Å². The van der Waals surface area contributed by atoms with Crippen molar-refractivity contribution in [1.82, 2.24) is 0 Å². The quantitative estimate of drug-likeness (QED) is 0.465. The van der Waals surface area contributed by atoms with Crippen LogP contribution in [0.4, 0.5) is 0 Å². The number of hydrogen-bond acceptors (Lipinski definition) is 0. The fourth-order valence-corrected chi connectivity index (χ4v) is 2.71. The number of rotatable bonds is 0. The predicted molar refractivity (Wildman–Crippen MR) is 48.2 cm³/mol. The maximum absolute atomic E-state index is 2.42. The summed E-state index contributed by atoms with van der Waals surface area (Å²) in [6, 6.07) is 0. The summed E-state index contributed by atoms with van der Waals surface area (Å²) in [7, 11) is 0. The SMILES string of the molecule is CC1CC2C=CC2C(C)C1C. The van der Waals surface area contributed by atoms with Crippen LogP contribution < -0.4 is 0 Å². The van der Waals surface area contributed by atoms with Crippen LogP contribution >= 0.6 is 0 Å². The van der Waals surface area contributed by atoms with E-state index in [2.05, 4.69) is 32.9 Å². The number of allylic oxidation sites excluding steroid dienone is 2. The lowest BCUT2D eigenvalue weighted by Crippen LogP contribution is -2.38. The highest BCUT2D eigenvalue weighted by Crippen LogP contribution is 2.47. The van der Waals surface area contributed by atoms with Crippen molar-refractivity contribution in [2.75, 3.05) is 0 Å². The zero-order chi connectivity index (χ0) is 8.01. The Morgan fingerprint density at radius 2 is 1.73 bits per heavy atom. The summed E-state index contributed by atoms with van der Waals surface area (Å²) in [4.78, 5) is 0. The van der Waals surface area contributed by atoms with Gasteiger partial charge in [0.1, 0.15) is 0 Å². The van der Waals surface area contributed by atoms with Crippen LogP contribution in [0.2, 0.25) is 0 Å². The molecule has 0 heteroatoms. The zero-order valence-corrected chi connectivity index (χ0v) is 7.75. The fourth-order valence-electron chi connectivity index (χ4n) is 2.71. The van der Waals surface area contributed by atoms with Crippen molar-refractivity contribution in [1.29, 1.82) is 0 Å². The normalized spacial score (nSPS) is 55.0. The second-order valence-electron chi connectivity index (χ2n) is 4.56. The van der Waals surface area contributed by atoms with Crippen LogP contribution in [0, 0.1) is 29.6 Å². The first kappa shape index (κ1) is 7.39. The van der Waals surface area contributed by atoms with Gasteiger partial charge in [0.15, 0.2) is 0 Å². The molecule has 2 rings (SSSR count). The first-order valence-electron chi connectivity index (χ1n) is 4.88. The molecule has 0 aliphatic heterocycles. The summed E-state index contributed by atoms with van der Waals surface area (Å²) in [6.45, 7) is 7.24. The molecule has 2 aliphatic carbocycles. The van der Waals surface area contributed by atoms with Gasteiger partial charge in [-0.15, -0.1) is 0 Å². The highest BCUT2D eigenvalue weighted by atomic mass is 14.4. The van der Waals surface area contributed by atoms with Crippen molar-refractivity contribution >= 4 is 0 Å². The fraction of sp³-hybridized carbons (Fsp3) is 0.818. The van der Waals surface area contributed by atoms with Crippen LogP contribution in [-0.4, -0.2) is 0 Å². The Balaban J connectivity index is 2.13. The molecule has 11 heavy (non-hydrogen) atoms. The molecule has 0 aromatic rings. The monoisotopic (exact) mass is 150 g/mol. The molecule has 0 aromatic heterocycles. The van der Waals surface area contributed by atoms with Gasteiger partial charge in [-0.3, -0.25) is 0 Å². The Hall–Kier alpha value is -0.260. The number of hydrogen-bond donors (Lipinski definition) is 0. The average molecular weight is 150 g/mol. The van der Waals surface area contributed by atoms with Crippen LogP contribution in [0.5, 0.6) is 0 Å². The van der Waals surface area contributed by atoms with E-state index in [-0.39, 0.29) is 0 Å². The van der Waals surface area contributed by atoms with Crippen molar-refractivity contribution in [3.8, 4) is 0 Å². The molecule has 62 valence electrons. The molecular formula is C11H18. The molecule has 2 aliphatic rings. The van der Waals surface area contributed by atoms with Gasteiger partial charge in [0.2, 0.25) is 0 Å². The summed E-state index contributed by atoms with van der Waals surface area (Å²) in [5, 5.41) is 0. The molecule has 0 radical (unpaired) electrons. The molecule has 0 N–H and O–H groups in total. The lowest BCUT2D eigenvalue weighted by molar-refractivity contribution is 0.0992. The Kier molecular flexibility index (Phi) is 1.59. The minimum atomic E-state index is 0.925. The van der Waals surface area contributed by atoms with E-state index in [1.807, 2.05) is 0 Å². The van der Waals surface area contributed by atoms with Gasteiger partial charge < -0.3 is 0 Å². The topological polar surface area (TPSA) is 0 Å². The molecule has 5 unspecified atom stereocenters. The molecule has 1 fully saturated rings. The van der Waals surface area contributed by atoms with Crippen LogP contribution in [0.1, 0.15) is 27.2 Å². The summed E-state index contributed by atoms with van der Waals surface area (Å²) < 4.78 is 0. The van der Waals surface area contributed by atoms with Gasteiger partial charge in [-0.05, 0) is 36.0 Å². The maximum atomic E-state index is 2.42. The van der Waals surface area contributed by atoms with Gasteiger partial charge in [0, 0.05) is 0 Å². The Morgan fingerprint density at radius 3 is 2.27 bits per heavy atom. The van der Waals surface area contributed by atoms with E-state index in [1.54, 1.807) is 0 Å². The lowest BCUT2D eigenvalue weighted by atomic mass is 9.59. The average Bonchev–Trinajstić information content (AvgIpc) is 1.93. The van der Waals surface area contributed by atoms with E-state index in [0.717, 1.165) is 29.6 Å². The van der Waals surface area contributed by atoms with Crippen molar-refractivity contribution in [3.63, 3.8) is 0 Å². The van der Waals surface area contributed by atoms with Crippen molar-refractivity contribution in [2.45, 2.75) is 27.2 Å². The molecule has 5 atom stereocenters. The molecule has 0 bridgehead atoms. The highest BCUT2D eigenvalue weighted by Gasteiger charge is 2.39. The van der Waals surface area contributed by atoms with Crippen molar-refractivity contribution in [3.05, 3.63) is 12.2 Å². The van der Waals surface area contributed by atoms with Crippen molar-refractivity contribution < 1.29 is 0 Å². The van der Waals surface area contributed by atoms with Crippen LogP contribution in [0.15, 0.2) is 12.2 Å². The number of fused-ring (bicyclic) bond motifs is 1. The first-order chi connectivity index (χ1) is 5.20. The van der Waals surface area contributed by atoms with E-state index >= 15 is 0 Å². The molecule has 0 saturated heterocycles. The third-order valence-corrected chi connectivity index (χ3v) is 4.05. The third-order valence-electron chi connectivity index (χ3n) is 4.05. The Morgan fingerprint density at radius 1 is 1.00 bits per heavy atom. The molecule has 0 heterocycles. The lowest BCUT2D eigenvalue weighted by Gasteiger charge is -2.46. The third kappa shape index (κ3) is 0.953. The molecular weight excluding hydrogens is 132 g/mol. The summed E-state index contributed by atoms with van der Waals surface area (Å²) in [5.74, 6) is 4.67. The second-order valence-corrected chi connectivity index (χ2v) is 4.56. The second kappa shape index (κ2) is 2.36. The van der Waals surface area contributed by atoms with Gasteiger partial charge in [-0.1, -0.05) is 32.9 Å². The molecule has 0 nitrogen and oxygen atoms in total. The van der Waals surface area contributed by atoms with Gasteiger partial charge in [-0.25, -0.2) is 0 Å². The Bertz CT molecular complexity index is 180. The minimum Gasteiger partial charge on any atom is -0.0845 e. The molecule has 0 aromatic carbocycles. The van der Waals surface area contributed by atoms with Gasteiger partial charge in [0.25, 0.3) is 0 Å². The summed E-state index contributed by atoms with van der Waals surface area (Å²) >= 11 is 0. The molecule has 0 amide bonds. The van der Waals surface area contributed by atoms with Crippen LogP contribution in [0.3, 0.4) is 0 Å². The summed E-state index contributed by atoms with van der Waals surface area (Å²) in [5.41, 5.74) is 0. The van der Waals surface area contributed by atoms with E-state index in [9.17, 15) is 0 Å². The van der Waals surface area contributed by atoms with Crippen molar-refractivity contribution in [2.24, 2.45) is 29.6 Å². The Labute approximate surface area is 69.7 Å². The smallest absolute Gasteiger partial charge is 0.0142 e. The van der Waals surface area contributed by atoms with E-state index < -0.39 is 0 Å². The molecule has 0 spiro atoms. The zero-order valence-electron chi connectivity index (χ0n) is 7.75. The maximum Gasteiger partial charge on any atom is -0.0142 e. The van der Waals surface area contributed by atoms with Gasteiger partial charge >= 0.3 is 0 Å². The first-order valence-corrected chi connectivity index (χ1v) is 4.88. The summed E-state index contributed by atoms with van der Waals surface area (Å²) in [6.07, 6.45) is 6.26. The largest absolute Gasteiger partial charge is 0.0845 e. The predicted octanol–water partition coefficient (Wildman–Crippen LogP) is 3.10. The highest BCUT2D eigenvalue weighted by molar-refractivity contribution is 5.13. The van der Waals surface area contributed by atoms with Gasteiger partial charge in [-0.2, -0.15) is 0 Å². The van der Waals surface area contributed by atoms with E-state index in [0.29, 0.717) is 0 Å². The van der Waals surface area contributed by atoms with Crippen LogP contribution in [0.25, 0.3) is 0 Å².